The van der Waals surface area contributed by atoms with Gasteiger partial charge >= 0.3 is 0 Å². The molecule has 0 bridgehead atoms. The summed E-state index contributed by atoms with van der Waals surface area (Å²) in [7, 11) is -1.58. The lowest BCUT2D eigenvalue weighted by molar-refractivity contribution is 0.0589. The minimum atomic E-state index is -3.13. The van der Waals surface area contributed by atoms with Gasteiger partial charge in [-0.25, -0.2) is 8.42 Å². The van der Waals surface area contributed by atoms with E-state index in [2.05, 4.69) is 5.32 Å². The van der Waals surface area contributed by atoms with Crippen LogP contribution >= 0.6 is 0 Å². The van der Waals surface area contributed by atoms with Crippen LogP contribution in [-0.2, 0) is 14.6 Å². The summed E-state index contributed by atoms with van der Waals surface area (Å²) < 4.78 is 28.9. The first kappa shape index (κ1) is 15.4. The van der Waals surface area contributed by atoms with Crippen LogP contribution in [0.15, 0.2) is 29.2 Å². The number of benzene rings is 1. The number of aliphatic hydroxyl groups excluding tert-OH is 1. The molecule has 0 saturated carbocycles. The lowest BCUT2D eigenvalue weighted by Crippen LogP contribution is -2.32. The van der Waals surface area contributed by atoms with Crippen molar-refractivity contribution < 1.29 is 18.3 Å². The lowest BCUT2D eigenvalue weighted by atomic mass is 10.0. The second kappa shape index (κ2) is 6.67. The van der Waals surface area contributed by atoms with Gasteiger partial charge in [-0.2, -0.15) is 0 Å². The highest BCUT2D eigenvalue weighted by atomic mass is 32.2. The molecule has 6 heteroatoms. The molecule has 0 radical (unpaired) electrons. The van der Waals surface area contributed by atoms with E-state index in [9.17, 15) is 13.5 Å². The van der Waals surface area contributed by atoms with Crippen LogP contribution in [0.5, 0.6) is 0 Å². The number of fused-ring (bicyclic) bond motifs is 1. The first-order chi connectivity index (χ1) is 9.54. The summed E-state index contributed by atoms with van der Waals surface area (Å²) in [5.41, 5.74) is 0.833. The molecule has 1 aromatic rings. The van der Waals surface area contributed by atoms with E-state index in [0.717, 1.165) is 5.56 Å². The SMILES string of the molecule is COCC(O)CCNC1CCS(=O)(=O)c2ccccc21. The van der Waals surface area contributed by atoms with E-state index in [1.165, 1.54) is 0 Å². The van der Waals surface area contributed by atoms with Crippen molar-refractivity contribution in [2.45, 2.75) is 29.9 Å². The van der Waals surface area contributed by atoms with Gasteiger partial charge in [0.1, 0.15) is 0 Å². The molecule has 1 heterocycles. The van der Waals surface area contributed by atoms with Crippen LogP contribution in [0.4, 0.5) is 0 Å². The second-order valence-corrected chi connectivity index (χ2v) is 7.13. The fourth-order valence-electron chi connectivity index (χ4n) is 2.50. The van der Waals surface area contributed by atoms with Crippen LogP contribution < -0.4 is 5.32 Å². The monoisotopic (exact) mass is 299 g/mol. The molecule has 0 aliphatic carbocycles. The van der Waals surface area contributed by atoms with Crippen LogP contribution in [0.25, 0.3) is 0 Å². The van der Waals surface area contributed by atoms with Crippen LogP contribution in [-0.4, -0.2) is 45.6 Å². The molecule has 1 aromatic carbocycles. The maximum Gasteiger partial charge on any atom is 0.178 e. The van der Waals surface area contributed by atoms with Crippen molar-refractivity contribution in [1.29, 1.82) is 0 Å². The van der Waals surface area contributed by atoms with E-state index < -0.39 is 15.9 Å². The number of hydrogen-bond acceptors (Lipinski definition) is 5. The Bertz CT molecular complexity index is 544. The maximum absolute atomic E-state index is 12.0. The average Bonchev–Trinajstić information content (AvgIpc) is 2.42. The summed E-state index contributed by atoms with van der Waals surface area (Å²) in [4.78, 5) is 0.432. The standard InChI is InChI=1S/C14H21NO4S/c1-19-10-11(16)6-8-15-13-7-9-20(17,18)14-5-3-2-4-12(13)14/h2-5,11,13,15-16H,6-10H2,1H3. The van der Waals surface area contributed by atoms with Crippen LogP contribution in [0, 0.1) is 0 Å². The van der Waals surface area contributed by atoms with Crippen molar-refractivity contribution in [3.05, 3.63) is 29.8 Å². The number of ether oxygens (including phenoxy) is 1. The molecule has 2 N–H and O–H groups in total. The van der Waals surface area contributed by atoms with E-state index >= 15 is 0 Å². The Morgan fingerprint density at radius 2 is 2.20 bits per heavy atom. The first-order valence-corrected chi connectivity index (χ1v) is 8.42. The summed E-state index contributed by atoms with van der Waals surface area (Å²) >= 11 is 0. The molecule has 5 nitrogen and oxygen atoms in total. The Labute approximate surface area is 119 Å². The molecule has 2 rings (SSSR count). The van der Waals surface area contributed by atoms with Crippen molar-refractivity contribution in [3.63, 3.8) is 0 Å². The van der Waals surface area contributed by atoms with Gasteiger partial charge in [0, 0.05) is 13.2 Å². The lowest BCUT2D eigenvalue weighted by Gasteiger charge is -2.26. The summed E-state index contributed by atoms with van der Waals surface area (Å²) in [6.07, 6.45) is 0.661. The van der Waals surface area contributed by atoms with Gasteiger partial charge < -0.3 is 15.2 Å². The summed E-state index contributed by atoms with van der Waals surface area (Å²) in [6.45, 7) is 0.945. The van der Waals surface area contributed by atoms with Crippen LogP contribution in [0.2, 0.25) is 0 Å². The van der Waals surface area contributed by atoms with Gasteiger partial charge in [-0.3, -0.25) is 0 Å². The number of sulfone groups is 1. The Morgan fingerprint density at radius 3 is 2.95 bits per heavy atom. The zero-order chi connectivity index (χ0) is 14.6. The highest BCUT2D eigenvalue weighted by Gasteiger charge is 2.29. The fourth-order valence-corrected chi connectivity index (χ4v) is 4.12. The molecule has 0 aromatic heterocycles. The molecule has 1 aliphatic rings. The van der Waals surface area contributed by atoms with Crippen molar-refractivity contribution in [3.8, 4) is 0 Å². The van der Waals surface area contributed by atoms with Crippen LogP contribution in [0.3, 0.4) is 0 Å². The van der Waals surface area contributed by atoms with Crippen molar-refractivity contribution in [2.75, 3.05) is 26.0 Å². The highest BCUT2D eigenvalue weighted by Crippen LogP contribution is 2.31. The third kappa shape index (κ3) is 3.58. The fraction of sp³-hybridized carbons (Fsp3) is 0.571. The van der Waals surface area contributed by atoms with Gasteiger partial charge in [0.05, 0.1) is 23.4 Å². The summed E-state index contributed by atoms with van der Waals surface area (Å²) in [5, 5.41) is 12.9. The predicted molar refractivity (Wildman–Crippen MR) is 76.4 cm³/mol. The van der Waals surface area contributed by atoms with E-state index in [1.807, 2.05) is 12.1 Å². The van der Waals surface area contributed by atoms with Gasteiger partial charge in [0.2, 0.25) is 0 Å². The van der Waals surface area contributed by atoms with E-state index in [4.69, 9.17) is 4.74 Å². The topological polar surface area (TPSA) is 75.6 Å². The molecule has 2 atom stereocenters. The van der Waals surface area contributed by atoms with Gasteiger partial charge in [0.25, 0.3) is 0 Å². The summed E-state index contributed by atoms with van der Waals surface area (Å²) in [6, 6.07) is 7.16. The van der Waals surface area contributed by atoms with Crippen LogP contribution in [0.1, 0.15) is 24.4 Å². The first-order valence-electron chi connectivity index (χ1n) is 6.76. The zero-order valence-electron chi connectivity index (χ0n) is 11.6. The molecular formula is C14H21NO4S. The quantitative estimate of drug-likeness (QED) is 0.816. The number of methoxy groups -OCH3 is 1. The summed E-state index contributed by atoms with van der Waals surface area (Å²) in [5.74, 6) is 0.169. The highest BCUT2D eigenvalue weighted by molar-refractivity contribution is 7.91. The molecule has 1 aliphatic heterocycles. The molecule has 20 heavy (non-hydrogen) atoms. The largest absolute Gasteiger partial charge is 0.391 e. The molecule has 0 fully saturated rings. The third-order valence-corrected chi connectivity index (χ3v) is 5.35. The van der Waals surface area contributed by atoms with Crippen molar-refractivity contribution in [2.24, 2.45) is 0 Å². The van der Waals surface area contributed by atoms with E-state index in [0.29, 0.717) is 30.9 Å². The smallest absolute Gasteiger partial charge is 0.178 e. The Morgan fingerprint density at radius 1 is 1.45 bits per heavy atom. The Hall–Kier alpha value is -0.950. The minimum absolute atomic E-state index is 0.0319. The second-order valence-electron chi connectivity index (χ2n) is 5.05. The van der Waals surface area contributed by atoms with E-state index in [1.54, 1.807) is 19.2 Å². The molecule has 2 unspecified atom stereocenters. The van der Waals surface area contributed by atoms with Crippen molar-refractivity contribution in [1.82, 2.24) is 5.32 Å². The Balaban J connectivity index is 2.01. The van der Waals surface area contributed by atoms with Gasteiger partial charge in [-0.15, -0.1) is 0 Å². The van der Waals surface area contributed by atoms with Gasteiger partial charge in [-0.05, 0) is 31.0 Å². The zero-order valence-corrected chi connectivity index (χ0v) is 12.4. The molecular weight excluding hydrogens is 278 g/mol. The average molecular weight is 299 g/mol. The number of hydrogen-bond donors (Lipinski definition) is 2. The minimum Gasteiger partial charge on any atom is -0.391 e. The Kier molecular flexibility index (Phi) is 5.15. The number of nitrogens with one attached hydrogen (secondary N) is 1. The van der Waals surface area contributed by atoms with Gasteiger partial charge in [0.15, 0.2) is 9.84 Å². The molecule has 0 spiro atoms. The molecule has 0 saturated heterocycles. The molecule has 0 amide bonds. The molecule has 112 valence electrons. The maximum atomic E-state index is 12.0. The van der Waals surface area contributed by atoms with Crippen molar-refractivity contribution >= 4 is 9.84 Å². The van der Waals surface area contributed by atoms with E-state index in [-0.39, 0.29) is 11.8 Å². The van der Waals surface area contributed by atoms with Gasteiger partial charge in [-0.1, -0.05) is 18.2 Å². The third-order valence-electron chi connectivity index (χ3n) is 3.53. The number of rotatable bonds is 6. The predicted octanol–water partition coefficient (Wildman–Crippen LogP) is 0.892. The normalized spacial score (nSPS) is 22.2. The number of aliphatic hydroxyl groups is 1.